The van der Waals surface area contributed by atoms with Crippen molar-refractivity contribution in [3.8, 4) is 11.1 Å². The highest BCUT2D eigenvalue weighted by atomic mass is 16.4. The van der Waals surface area contributed by atoms with Gasteiger partial charge in [0.25, 0.3) is 0 Å². The minimum Gasteiger partial charge on any atom is -0.465 e. The Balaban J connectivity index is 2.45. The van der Waals surface area contributed by atoms with Crippen LogP contribution in [0.1, 0.15) is 5.56 Å². The predicted octanol–water partition coefficient (Wildman–Crippen LogP) is 3.45. The summed E-state index contributed by atoms with van der Waals surface area (Å²) >= 11 is 0. The van der Waals surface area contributed by atoms with Crippen LogP contribution in [0.15, 0.2) is 54.6 Å². The van der Waals surface area contributed by atoms with Crippen molar-refractivity contribution in [3.05, 3.63) is 60.2 Å². The highest BCUT2D eigenvalue weighted by Gasteiger charge is 2.07. The Morgan fingerprint density at radius 1 is 1.15 bits per heavy atom. The van der Waals surface area contributed by atoms with Gasteiger partial charge in [-0.3, -0.25) is 5.32 Å². The van der Waals surface area contributed by atoms with Crippen LogP contribution >= 0.6 is 0 Å². The third-order valence-corrected chi connectivity index (χ3v) is 2.79. The average Bonchev–Trinajstić information content (AvgIpc) is 2.45. The molecule has 0 aliphatic heterocycles. The zero-order chi connectivity index (χ0) is 14.4. The molecule has 4 heteroatoms. The number of anilines is 1. The maximum Gasteiger partial charge on any atom is 0.409 e. The van der Waals surface area contributed by atoms with Crippen LogP contribution in [0.3, 0.4) is 0 Å². The lowest BCUT2D eigenvalue weighted by Crippen LogP contribution is -2.08. The summed E-state index contributed by atoms with van der Waals surface area (Å²) < 4.78 is 0. The van der Waals surface area contributed by atoms with E-state index in [1.165, 1.54) is 0 Å². The molecule has 0 radical (unpaired) electrons. The molecule has 2 aromatic rings. The first-order valence-corrected chi connectivity index (χ1v) is 6.17. The van der Waals surface area contributed by atoms with Crippen LogP contribution < -0.4 is 5.32 Å². The fourth-order valence-electron chi connectivity index (χ4n) is 1.94. The largest absolute Gasteiger partial charge is 0.465 e. The van der Waals surface area contributed by atoms with Crippen LogP contribution in [0, 0.1) is 0 Å². The van der Waals surface area contributed by atoms with E-state index in [0.717, 1.165) is 16.7 Å². The molecular weight excluding hydrogens is 254 g/mol. The number of aliphatic hydroxyl groups is 1. The molecule has 0 atom stereocenters. The SMILES string of the molecule is O=C(O)Nc1cc(/C=C/CO)ccc1-c1ccccc1. The monoisotopic (exact) mass is 269 g/mol. The number of rotatable bonds is 4. The summed E-state index contributed by atoms with van der Waals surface area (Å²) in [6.45, 7) is -0.0534. The first kappa shape index (κ1) is 13.8. The molecule has 4 nitrogen and oxygen atoms in total. The fraction of sp³-hybridized carbons (Fsp3) is 0.0625. The van der Waals surface area contributed by atoms with Gasteiger partial charge in [0.2, 0.25) is 0 Å². The topological polar surface area (TPSA) is 69.6 Å². The Kier molecular flexibility index (Phi) is 4.52. The molecular formula is C16H15NO3. The second-order valence-electron chi connectivity index (χ2n) is 4.19. The van der Waals surface area contributed by atoms with Gasteiger partial charge in [-0.2, -0.15) is 0 Å². The van der Waals surface area contributed by atoms with Crippen molar-refractivity contribution in [2.24, 2.45) is 0 Å². The van der Waals surface area contributed by atoms with Gasteiger partial charge in [0, 0.05) is 5.56 Å². The smallest absolute Gasteiger partial charge is 0.409 e. The summed E-state index contributed by atoms with van der Waals surface area (Å²) in [6, 6.07) is 15.0. The van der Waals surface area contributed by atoms with E-state index < -0.39 is 6.09 Å². The Morgan fingerprint density at radius 2 is 1.90 bits per heavy atom. The molecule has 0 saturated heterocycles. The lowest BCUT2D eigenvalue weighted by molar-refractivity contribution is 0.210. The van der Waals surface area contributed by atoms with E-state index in [-0.39, 0.29) is 6.61 Å². The Bertz CT molecular complexity index is 621. The summed E-state index contributed by atoms with van der Waals surface area (Å²) in [7, 11) is 0. The average molecular weight is 269 g/mol. The predicted molar refractivity (Wildman–Crippen MR) is 79.6 cm³/mol. The molecule has 0 spiro atoms. The summed E-state index contributed by atoms with van der Waals surface area (Å²) in [5, 5.41) is 20.1. The van der Waals surface area contributed by atoms with Crippen LogP contribution in [0.2, 0.25) is 0 Å². The van der Waals surface area contributed by atoms with Gasteiger partial charge in [0.1, 0.15) is 0 Å². The molecule has 0 aliphatic carbocycles. The van der Waals surface area contributed by atoms with E-state index in [1.54, 1.807) is 18.2 Å². The lowest BCUT2D eigenvalue weighted by Gasteiger charge is -2.10. The Morgan fingerprint density at radius 3 is 2.55 bits per heavy atom. The van der Waals surface area contributed by atoms with Gasteiger partial charge in [0.05, 0.1) is 12.3 Å². The lowest BCUT2D eigenvalue weighted by atomic mass is 10.0. The van der Waals surface area contributed by atoms with Crippen LogP contribution in [-0.4, -0.2) is 22.9 Å². The second kappa shape index (κ2) is 6.54. The molecule has 0 heterocycles. The van der Waals surface area contributed by atoms with Crippen LogP contribution in [0.5, 0.6) is 0 Å². The van der Waals surface area contributed by atoms with Gasteiger partial charge in [-0.1, -0.05) is 54.6 Å². The molecule has 0 fully saturated rings. The molecule has 0 aromatic heterocycles. The highest BCUT2D eigenvalue weighted by Crippen LogP contribution is 2.29. The Labute approximate surface area is 117 Å². The molecule has 2 aromatic carbocycles. The van der Waals surface area contributed by atoms with Crippen molar-refractivity contribution < 1.29 is 15.0 Å². The summed E-state index contributed by atoms with van der Waals surface area (Å²) in [5.74, 6) is 0. The van der Waals surface area contributed by atoms with E-state index in [0.29, 0.717) is 5.69 Å². The summed E-state index contributed by atoms with van der Waals surface area (Å²) in [6.07, 6.45) is 2.23. The van der Waals surface area contributed by atoms with Crippen molar-refractivity contribution >= 4 is 17.9 Å². The van der Waals surface area contributed by atoms with E-state index in [1.807, 2.05) is 42.5 Å². The summed E-state index contributed by atoms with van der Waals surface area (Å²) in [4.78, 5) is 10.9. The number of hydrogen-bond acceptors (Lipinski definition) is 2. The standard InChI is InChI=1S/C16H15NO3/c18-10-4-5-12-8-9-14(13-6-2-1-3-7-13)15(11-12)17-16(19)20/h1-9,11,17-18H,10H2,(H,19,20)/b5-4+. The van der Waals surface area contributed by atoms with Crippen molar-refractivity contribution in [2.45, 2.75) is 0 Å². The third kappa shape index (κ3) is 3.46. The van der Waals surface area contributed by atoms with Gasteiger partial charge in [-0.05, 0) is 17.2 Å². The van der Waals surface area contributed by atoms with Gasteiger partial charge < -0.3 is 10.2 Å². The Hall–Kier alpha value is -2.59. The maximum atomic E-state index is 10.9. The molecule has 0 bridgehead atoms. The zero-order valence-corrected chi connectivity index (χ0v) is 10.8. The number of aliphatic hydroxyl groups excluding tert-OH is 1. The number of carbonyl (C=O) groups is 1. The van der Waals surface area contributed by atoms with Gasteiger partial charge >= 0.3 is 6.09 Å². The highest BCUT2D eigenvalue weighted by molar-refractivity contribution is 5.91. The zero-order valence-electron chi connectivity index (χ0n) is 10.8. The number of carboxylic acid groups (broad SMARTS) is 1. The quantitative estimate of drug-likeness (QED) is 0.796. The molecule has 0 saturated carbocycles. The van der Waals surface area contributed by atoms with E-state index >= 15 is 0 Å². The second-order valence-corrected chi connectivity index (χ2v) is 4.19. The first-order valence-electron chi connectivity index (χ1n) is 6.17. The van der Waals surface area contributed by atoms with Gasteiger partial charge in [-0.25, -0.2) is 4.79 Å². The van der Waals surface area contributed by atoms with E-state index in [4.69, 9.17) is 10.2 Å². The normalized spacial score (nSPS) is 10.7. The third-order valence-electron chi connectivity index (χ3n) is 2.79. The van der Waals surface area contributed by atoms with Crippen molar-refractivity contribution in [3.63, 3.8) is 0 Å². The van der Waals surface area contributed by atoms with Gasteiger partial charge in [0.15, 0.2) is 0 Å². The van der Waals surface area contributed by atoms with Crippen molar-refractivity contribution in [2.75, 3.05) is 11.9 Å². The van der Waals surface area contributed by atoms with Gasteiger partial charge in [-0.15, -0.1) is 0 Å². The minimum atomic E-state index is -1.11. The summed E-state index contributed by atoms with van der Waals surface area (Å²) in [5.41, 5.74) is 3.09. The molecule has 0 unspecified atom stereocenters. The maximum absolute atomic E-state index is 10.9. The van der Waals surface area contributed by atoms with Crippen LogP contribution in [-0.2, 0) is 0 Å². The fourth-order valence-corrected chi connectivity index (χ4v) is 1.94. The van der Waals surface area contributed by atoms with Crippen LogP contribution in [0.4, 0.5) is 10.5 Å². The number of benzene rings is 2. The van der Waals surface area contributed by atoms with Crippen molar-refractivity contribution in [1.29, 1.82) is 0 Å². The molecule has 3 N–H and O–H groups in total. The van der Waals surface area contributed by atoms with E-state index in [2.05, 4.69) is 5.32 Å². The molecule has 2 rings (SSSR count). The number of amides is 1. The molecule has 1 amide bonds. The molecule has 20 heavy (non-hydrogen) atoms. The minimum absolute atomic E-state index is 0.0534. The first-order chi connectivity index (χ1) is 9.70. The molecule has 102 valence electrons. The molecule has 0 aliphatic rings. The van der Waals surface area contributed by atoms with E-state index in [9.17, 15) is 4.79 Å². The number of hydrogen-bond donors (Lipinski definition) is 3. The number of nitrogens with one attached hydrogen (secondary N) is 1. The van der Waals surface area contributed by atoms with Crippen molar-refractivity contribution in [1.82, 2.24) is 0 Å². The van der Waals surface area contributed by atoms with Crippen LogP contribution in [0.25, 0.3) is 17.2 Å².